The number of rotatable bonds is 8. The van der Waals surface area contributed by atoms with Crippen LogP contribution in [0.3, 0.4) is 0 Å². The Morgan fingerprint density at radius 3 is 2.27 bits per heavy atom. The molecule has 30 heavy (non-hydrogen) atoms. The third kappa shape index (κ3) is 5.19. The molecule has 1 heterocycles. The van der Waals surface area contributed by atoms with Crippen molar-refractivity contribution in [1.82, 2.24) is 4.98 Å². The lowest BCUT2D eigenvalue weighted by Gasteiger charge is -2.24. The summed E-state index contributed by atoms with van der Waals surface area (Å²) in [5.41, 5.74) is 3.75. The summed E-state index contributed by atoms with van der Waals surface area (Å²) in [6.07, 6.45) is 3.33. The van der Waals surface area contributed by atoms with Crippen molar-refractivity contribution < 1.29 is 13.2 Å². The normalized spacial score (nSPS) is 11.5. The molecule has 0 aliphatic rings. The van der Waals surface area contributed by atoms with E-state index in [9.17, 15) is 8.42 Å². The van der Waals surface area contributed by atoms with Crippen molar-refractivity contribution >= 4 is 15.7 Å². The largest absolute Gasteiger partial charge is 0.457 e. The van der Waals surface area contributed by atoms with Gasteiger partial charge in [0.25, 0.3) is 0 Å². The van der Waals surface area contributed by atoms with Gasteiger partial charge in [0, 0.05) is 12.4 Å². The number of hydrogen-bond donors (Lipinski definition) is 0. The fraction of sp³-hybridized carbons (Fsp3) is 0.292. The molecular formula is C24H28N2O3S. The van der Waals surface area contributed by atoms with Gasteiger partial charge in [-0.15, -0.1) is 0 Å². The maximum absolute atomic E-state index is 12.7. The second-order valence-electron chi connectivity index (χ2n) is 7.55. The standard InChI is InChI=1S/C24H28N2O3S/c1-5-30(27,28)26(17-20-12-14-25-15-13-20)21-7-9-22(10-8-21)29-24-16-19(4)6-11-23(24)18(2)3/h6-16,18H,5,17H2,1-4H3. The first-order valence-corrected chi connectivity index (χ1v) is 11.7. The molecule has 0 unspecified atom stereocenters. The fourth-order valence-electron chi connectivity index (χ4n) is 3.17. The summed E-state index contributed by atoms with van der Waals surface area (Å²) in [4.78, 5) is 4.00. The van der Waals surface area contributed by atoms with E-state index in [2.05, 4.69) is 31.0 Å². The predicted octanol–water partition coefficient (Wildman–Crippen LogP) is 5.66. The zero-order valence-corrected chi connectivity index (χ0v) is 18.7. The van der Waals surface area contributed by atoms with Gasteiger partial charge < -0.3 is 4.74 Å². The van der Waals surface area contributed by atoms with Gasteiger partial charge in [0.05, 0.1) is 18.0 Å². The number of aromatic nitrogens is 1. The van der Waals surface area contributed by atoms with E-state index in [-0.39, 0.29) is 12.3 Å². The number of hydrogen-bond acceptors (Lipinski definition) is 4. The van der Waals surface area contributed by atoms with Crippen molar-refractivity contribution in [2.24, 2.45) is 0 Å². The first-order chi connectivity index (χ1) is 14.3. The van der Waals surface area contributed by atoms with Crippen molar-refractivity contribution in [3.05, 3.63) is 83.7 Å². The van der Waals surface area contributed by atoms with Crippen LogP contribution in [0, 0.1) is 6.92 Å². The number of nitrogens with zero attached hydrogens (tertiary/aromatic N) is 2. The highest BCUT2D eigenvalue weighted by atomic mass is 32.2. The molecule has 0 bridgehead atoms. The second-order valence-corrected chi connectivity index (χ2v) is 9.74. The minimum atomic E-state index is -3.43. The van der Waals surface area contributed by atoms with Crippen LogP contribution in [0.15, 0.2) is 67.0 Å². The van der Waals surface area contributed by atoms with Gasteiger partial charge in [-0.3, -0.25) is 9.29 Å². The highest BCUT2D eigenvalue weighted by Crippen LogP contribution is 2.33. The Morgan fingerprint density at radius 1 is 1.00 bits per heavy atom. The molecule has 1 aromatic heterocycles. The Bertz CT molecular complexity index is 1080. The average molecular weight is 425 g/mol. The third-order valence-corrected chi connectivity index (χ3v) is 6.66. The lowest BCUT2D eigenvalue weighted by Crippen LogP contribution is -2.31. The van der Waals surface area contributed by atoms with Gasteiger partial charge in [-0.25, -0.2) is 8.42 Å². The van der Waals surface area contributed by atoms with E-state index >= 15 is 0 Å². The second kappa shape index (κ2) is 9.30. The summed E-state index contributed by atoms with van der Waals surface area (Å²) in [5, 5.41) is 0. The SMILES string of the molecule is CCS(=O)(=O)N(Cc1ccncc1)c1ccc(Oc2cc(C)ccc2C(C)C)cc1. The summed E-state index contributed by atoms with van der Waals surface area (Å²) in [6, 6.07) is 17.0. The van der Waals surface area contributed by atoms with E-state index in [1.165, 1.54) is 4.31 Å². The van der Waals surface area contributed by atoms with E-state index in [0.717, 1.165) is 22.4 Å². The van der Waals surface area contributed by atoms with Crippen LogP contribution in [-0.4, -0.2) is 19.2 Å². The van der Waals surface area contributed by atoms with Crippen LogP contribution in [-0.2, 0) is 16.6 Å². The molecular weight excluding hydrogens is 396 g/mol. The van der Waals surface area contributed by atoms with E-state index < -0.39 is 10.0 Å². The molecule has 5 nitrogen and oxygen atoms in total. The van der Waals surface area contributed by atoms with Crippen molar-refractivity contribution in [1.29, 1.82) is 0 Å². The van der Waals surface area contributed by atoms with Gasteiger partial charge in [0.15, 0.2) is 0 Å². The first kappa shape index (κ1) is 21.8. The van der Waals surface area contributed by atoms with Gasteiger partial charge in [0.1, 0.15) is 11.5 Å². The molecule has 0 aliphatic heterocycles. The van der Waals surface area contributed by atoms with Crippen LogP contribution in [0.2, 0.25) is 0 Å². The molecule has 3 rings (SSSR count). The molecule has 0 spiro atoms. The van der Waals surface area contributed by atoms with E-state index in [4.69, 9.17) is 4.74 Å². The van der Waals surface area contributed by atoms with Gasteiger partial charge in [-0.2, -0.15) is 0 Å². The minimum absolute atomic E-state index is 0.0252. The predicted molar refractivity (Wildman–Crippen MR) is 122 cm³/mol. The summed E-state index contributed by atoms with van der Waals surface area (Å²) in [6.45, 7) is 8.21. The van der Waals surface area contributed by atoms with E-state index in [1.807, 2.05) is 37.3 Å². The molecule has 3 aromatic rings. The van der Waals surface area contributed by atoms with Crippen LogP contribution in [0.4, 0.5) is 5.69 Å². The van der Waals surface area contributed by atoms with Gasteiger partial charge in [0.2, 0.25) is 10.0 Å². The molecule has 0 radical (unpaired) electrons. The summed E-state index contributed by atoms with van der Waals surface area (Å²) >= 11 is 0. The van der Waals surface area contributed by atoms with Gasteiger partial charge in [-0.1, -0.05) is 26.0 Å². The Labute approximate surface area is 179 Å². The Morgan fingerprint density at radius 2 is 1.67 bits per heavy atom. The molecule has 6 heteroatoms. The molecule has 0 aliphatic carbocycles. The molecule has 158 valence electrons. The molecule has 0 saturated heterocycles. The Hall–Kier alpha value is -2.86. The van der Waals surface area contributed by atoms with Crippen molar-refractivity contribution in [2.45, 2.75) is 40.2 Å². The quantitative estimate of drug-likeness (QED) is 0.468. The maximum Gasteiger partial charge on any atom is 0.235 e. The lowest BCUT2D eigenvalue weighted by atomic mass is 10.0. The number of ether oxygens (including phenoxy) is 1. The highest BCUT2D eigenvalue weighted by molar-refractivity contribution is 7.92. The number of benzene rings is 2. The Balaban J connectivity index is 1.88. The van der Waals surface area contributed by atoms with Gasteiger partial charge >= 0.3 is 0 Å². The maximum atomic E-state index is 12.7. The molecule has 2 aromatic carbocycles. The lowest BCUT2D eigenvalue weighted by molar-refractivity contribution is 0.472. The van der Waals surface area contributed by atoms with Gasteiger partial charge in [-0.05, 0) is 78.9 Å². The summed E-state index contributed by atoms with van der Waals surface area (Å²) < 4.78 is 33.0. The highest BCUT2D eigenvalue weighted by Gasteiger charge is 2.21. The van der Waals surface area contributed by atoms with Crippen LogP contribution in [0.1, 0.15) is 43.4 Å². The molecule has 0 amide bonds. The minimum Gasteiger partial charge on any atom is -0.457 e. The number of aryl methyl sites for hydroxylation is 1. The van der Waals surface area contributed by atoms with Crippen molar-refractivity contribution in [3.8, 4) is 11.5 Å². The smallest absolute Gasteiger partial charge is 0.235 e. The first-order valence-electron chi connectivity index (χ1n) is 10.1. The average Bonchev–Trinajstić information content (AvgIpc) is 2.73. The molecule has 0 N–H and O–H groups in total. The van der Waals surface area contributed by atoms with Crippen LogP contribution < -0.4 is 9.04 Å². The van der Waals surface area contributed by atoms with Crippen molar-refractivity contribution in [3.63, 3.8) is 0 Å². The van der Waals surface area contributed by atoms with E-state index in [0.29, 0.717) is 17.4 Å². The number of sulfonamides is 1. The summed E-state index contributed by atoms with van der Waals surface area (Å²) in [7, 11) is -3.43. The number of anilines is 1. The topological polar surface area (TPSA) is 59.5 Å². The monoisotopic (exact) mass is 424 g/mol. The van der Waals surface area contributed by atoms with Crippen LogP contribution >= 0.6 is 0 Å². The Kier molecular flexibility index (Phi) is 6.77. The third-order valence-electron chi connectivity index (χ3n) is 4.92. The fourth-order valence-corrected chi connectivity index (χ4v) is 4.27. The zero-order valence-electron chi connectivity index (χ0n) is 17.9. The number of pyridine rings is 1. The zero-order chi connectivity index (χ0) is 21.7. The molecule has 0 fully saturated rings. The molecule has 0 atom stereocenters. The summed E-state index contributed by atoms with van der Waals surface area (Å²) in [5.74, 6) is 1.86. The van der Waals surface area contributed by atoms with Crippen LogP contribution in [0.5, 0.6) is 11.5 Å². The molecule has 0 saturated carbocycles. The van der Waals surface area contributed by atoms with Crippen LogP contribution in [0.25, 0.3) is 0 Å². The van der Waals surface area contributed by atoms with Crippen molar-refractivity contribution in [2.75, 3.05) is 10.1 Å². The van der Waals surface area contributed by atoms with E-state index in [1.54, 1.807) is 31.5 Å².